The molecule has 0 atom stereocenters. The van der Waals surface area contributed by atoms with E-state index >= 15 is 0 Å². The van der Waals surface area contributed by atoms with Crippen molar-refractivity contribution < 1.29 is 4.79 Å². The van der Waals surface area contributed by atoms with Gasteiger partial charge >= 0.3 is 0 Å². The van der Waals surface area contributed by atoms with Crippen LogP contribution in [0.4, 0.5) is 0 Å². The molecule has 0 bridgehead atoms. The predicted molar refractivity (Wildman–Crippen MR) is 232 cm³/mol. The van der Waals surface area contributed by atoms with Crippen LogP contribution < -0.4 is 0 Å². The summed E-state index contributed by atoms with van der Waals surface area (Å²) in [6.45, 7) is 19.4. The number of carbonyl (C=O) groups is 1. The quantitative estimate of drug-likeness (QED) is 0.269. The third-order valence-electron chi connectivity index (χ3n) is 11.6. The van der Waals surface area contributed by atoms with E-state index in [1.165, 1.54) is 207 Å². The summed E-state index contributed by atoms with van der Waals surface area (Å²) in [7, 11) is 17.1. The monoisotopic (exact) mass is 751 g/mol. The molecular weight excluding hydrogens is 657 g/mol. The topological polar surface area (TPSA) is 43.0 Å². The third-order valence-corrected chi connectivity index (χ3v) is 11.6. The van der Waals surface area contributed by atoms with Crippen molar-refractivity contribution >= 4 is 5.91 Å². The van der Waals surface area contributed by atoms with E-state index in [-0.39, 0.29) is 0 Å². The van der Waals surface area contributed by atoms with E-state index in [1.807, 2.05) is 7.05 Å². The van der Waals surface area contributed by atoms with Crippen LogP contribution in [-0.4, -0.2) is 200 Å². The van der Waals surface area contributed by atoms with Gasteiger partial charge in [0.05, 0.1) is 0 Å². The molecule has 8 aliphatic heterocycles. The summed E-state index contributed by atoms with van der Waals surface area (Å²) in [6, 6.07) is 0. The SMILES string of the molecule is CN1CCCC1.CN1CCCC1.CN1CCCC1.CN1CCCC1=O.CN1CCCCC1.CN1CCCCC1.CN1CCCCC1.CN1CCCCC1. The van der Waals surface area contributed by atoms with Crippen LogP contribution in [0.25, 0.3) is 0 Å². The largest absolute Gasteiger partial charge is 0.346 e. The van der Waals surface area contributed by atoms with Gasteiger partial charge in [-0.3, -0.25) is 4.79 Å². The molecule has 9 nitrogen and oxygen atoms in total. The van der Waals surface area contributed by atoms with Crippen LogP contribution in [0.5, 0.6) is 0 Å². The maximum atomic E-state index is 10.5. The summed E-state index contributed by atoms with van der Waals surface area (Å²) in [4.78, 5) is 28.9. The summed E-state index contributed by atoms with van der Waals surface area (Å²) in [6.07, 6.45) is 27.4. The first-order chi connectivity index (χ1) is 25.6. The Kier molecular flexibility index (Phi) is 32.6. The van der Waals surface area contributed by atoms with Crippen LogP contribution >= 0.6 is 0 Å². The Balaban J connectivity index is 0.000000303. The van der Waals surface area contributed by atoms with E-state index < -0.39 is 0 Å². The Morgan fingerprint density at radius 1 is 0.245 bits per heavy atom. The number of hydrogen-bond acceptors (Lipinski definition) is 8. The number of carbonyl (C=O) groups excluding carboxylic acids is 1. The van der Waals surface area contributed by atoms with Crippen molar-refractivity contribution in [1.82, 2.24) is 39.2 Å². The lowest BCUT2D eigenvalue weighted by molar-refractivity contribution is -0.126. The Labute approximate surface area is 332 Å². The van der Waals surface area contributed by atoms with Gasteiger partial charge in [0.1, 0.15) is 0 Å². The van der Waals surface area contributed by atoms with Gasteiger partial charge in [-0.05, 0) is 237 Å². The summed E-state index contributed by atoms with van der Waals surface area (Å²) in [5.74, 6) is 0.292. The van der Waals surface area contributed by atoms with Gasteiger partial charge in [0.15, 0.2) is 0 Å². The molecule has 0 unspecified atom stereocenters. The highest BCUT2D eigenvalue weighted by atomic mass is 16.2. The molecule has 0 N–H and O–H groups in total. The smallest absolute Gasteiger partial charge is 0.222 e. The van der Waals surface area contributed by atoms with Crippen molar-refractivity contribution in [3.8, 4) is 0 Å². The maximum Gasteiger partial charge on any atom is 0.222 e. The van der Waals surface area contributed by atoms with Crippen molar-refractivity contribution in [2.24, 2.45) is 0 Å². The summed E-state index contributed by atoms with van der Waals surface area (Å²) >= 11 is 0. The Morgan fingerprint density at radius 3 is 0.472 bits per heavy atom. The first-order valence-electron chi connectivity index (χ1n) is 22.6. The number of piperidine rings is 4. The van der Waals surface area contributed by atoms with Crippen molar-refractivity contribution in [2.75, 3.05) is 155 Å². The molecule has 8 fully saturated rings. The third kappa shape index (κ3) is 32.0. The Bertz CT molecular complexity index is 679. The molecule has 0 aromatic heterocycles. The molecule has 8 saturated heterocycles. The predicted octanol–water partition coefficient (Wildman–Crippen LogP) is 6.78. The normalized spacial score (nSPS) is 24.8. The number of nitrogens with zero attached hydrogens (tertiary/aromatic N) is 8. The molecule has 8 rings (SSSR count). The molecule has 0 aliphatic carbocycles. The average molecular weight is 751 g/mol. The van der Waals surface area contributed by atoms with E-state index in [0.717, 1.165) is 19.4 Å². The molecule has 53 heavy (non-hydrogen) atoms. The molecule has 9 heteroatoms. The molecule has 0 radical (unpaired) electrons. The van der Waals surface area contributed by atoms with Gasteiger partial charge in [-0.1, -0.05) is 25.7 Å². The molecular formula is C44H94N8O. The van der Waals surface area contributed by atoms with Crippen molar-refractivity contribution in [3.63, 3.8) is 0 Å². The van der Waals surface area contributed by atoms with E-state index in [4.69, 9.17) is 0 Å². The van der Waals surface area contributed by atoms with Gasteiger partial charge in [0.2, 0.25) is 5.91 Å². The average Bonchev–Trinajstić information content (AvgIpc) is 4.01. The molecule has 8 heterocycles. The van der Waals surface area contributed by atoms with Crippen LogP contribution in [0, 0.1) is 0 Å². The minimum atomic E-state index is 0.292. The molecule has 0 saturated carbocycles. The second kappa shape index (κ2) is 34.4. The fraction of sp³-hybridized carbons (Fsp3) is 0.977. The summed E-state index contributed by atoms with van der Waals surface area (Å²) < 4.78 is 0. The maximum absolute atomic E-state index is 10.5. The van der Waals surface area contributed by atoms with Gasteiger partial charge in [0, 0.05) is 20.0 Å². The minimum absolute atomic E-state index is 0.292. The second-order valence-electron chi connectivity index (χ2n) is 17.4. The number of rotatable bonds is 0. The highest BCUT2D eigenvalue weighted by Crippen LogP contribution is 2.08. The number of amides is 1. The molecule has 0 aromatic rings. The zero-order valence-electron chi connectivity index (χ0n) is 37.2. The van der Waals surface area contributed by atoms with E-state index in [2.05, 4.69) is 83.6 Å². The van der Waals surface area contributed by atoms with Crippen molar-refractivity contribution in [2.45, 2.75) is 128 Å². The number of likely N-dealkylation sites (tertiary alicyclic amines) is 8. The van der Waals surface area contributed by atoms with E-state index in [0.29, 0.717) is 5.91 Å². The first kappa shape index (κ1) is 50.2. The van der Waals surface area contributed by atoms with E-state index in [1.54, 1.807) is 4.90 Å². The molecule has 316 valence electrons. The zero-order chi connectivity index (χ0) is 38.9. The Morgan fingerprint density at radius 2 is 0.415 bits per heavy atom. The van der Waals surface area contributed by atoms with Crippen molar-refractivity contribution in [3.05, 3.63) is 0 Å². The van der Waals surface area contributed by atoms with Crippen LogP contribution in [0.1, 0.15) is 128 Å². The molecule has 8 aliphatic rings. The molecule has 1 amide bonds. The van der Waals surface area contributed by atoms with Crippen LogP contribution in [0.2, 0.25) is 0 Å². The minimum Gasteiger partial charge on any atom is -0.346 e. The van der Waals surface area contributed by atoms with Crippen LogP contribution in [0.3, 0.4) is 0 Å². The lowest BCUT2D eigenvalue weighted by Gasteiger charge is -2.20. The lowest BCUT2D eigenvalue weighted by Crippen LogP contribution is -2.24. The number of hydrogen-bond donors (Lipinski definition) is 0. The zero-order valence-corrected chi connectivity index (χ0v) is 37.2. The molecule has 0 aromatic carbocycles. The van der Waals surface area contributed by atoms with Gasteiger partial charge in [-0.2, -0.15) is 0 Å². The summed E-state index contributed by atoms with van der Waals surface area (Å²) in [5.41, 5.74) is 0. The fourth-order valence-corrected chi connectivity index (χ4v) is 7.62. The highest BCUT2D eigenvalue weighted by Gasteiger charge is 2.14. The van der Waals surface area contributed by atoms with Crippen molar-refractivity contribution in [1.29, 1.82) is 0 Å². The first-order valence-corrected chi connectivity index (χ1v) is 22.6. The fourth-order valence-electron chi connectivity index (χ4n) is 7.62. The van der Waals surface area contributed by atoms with Gasteiger partial charge in [-0.15, -0.1) is 0 Å². The van der Waals surface area contributed by atoms with Gasteiger partial charge in [0.25, 0.3) is 0 Å². The molecule has 0 spiro atoms. The second-order valence-corrected chi connectivity index (χ2v) is 17.4. The van der Waals surface area contributed by atoms with Crippen LogP contribution in [0.15, 0.2) is 0 Å². The van der Waals surface area contributed by atoms with Gasteiger partial charge in [-0.25, -0.2) is 0 Å². The van der Waals surface area contributed by atoms with Crippen LogP contribution in [-0.2, 0) is 4.79 Å². The Hall–Kier alpha value is -0.810. The van der Waals surface area contributed by atoms with E-state index in [9.17, 15) is 4.79 Å². The standard InChI is InChI=1S/4C6H13N.C5H9NO.3C5H11N/c4*1-7-5-3-2-4-6-7;1-6-4-2-3-5(6)7;3*1-6-4-2-3-5-6/h4*2-6H2,1H3;2-4H2,1H3;3*2-5H2,1H3. The summed E-state index contributed by atoms with van der Waals surface area (Å²) in [5, 5.41) is 0. The lowest BCUT2D eigenvalue weighted by atomic mass is 10.1. The highest BCUT2D eigenvalue weighted by molar-refractivity contribution is 5.77. The van der Waals surface area contributed by atoms with Gasteiger partial charge < -0.3 is 39.2 Å².